The number of halogens is 2. The lowest BCUT2D eigenvalue weighted by molar-refractivity contribution is 0.1000. The first-order valence-corrected chi connectivity index (χ1v) is 4.80. The molecule has 1 amide bonds. The Morgan fingerprint density at radius 1 is 1.58 bits per heavy atom. The Morgan fingerprint density at radius 2 is 2.25 bits per heavy atom. The number of nitrogens with two attached hydrogens (primary N) is 1. The van der Waals surface area contributed by atoms with Crippen LogP contribution in [0.15, 0.2) is 18.2 Å². The standard InChI is InChI=1S/C8H7BrClNO/c9-4-5-2-1-3-6(10)7(5)8(11)12/h1-3H,4H2,(H2,11,12). The molecule has 2 nitrogen and oxygen atoms in total. The molecule has 1 aromatic rings. The summed E-state index contributed by atoms with van der Waals surface area (Å²) in [4.78, 5) is 10.9. The highest BCUT2D eigenvalue weighted by atomic mass is 79.9. The van der Waals surface area contributed by atoms with Crippen molar-refractivity contribution in [2.24, 2.45) is 5.73 Å². The van der Waals surface area contributed by atoms with Gasteiger partial charge in [-0.05, 0) is 11.6 Å². The maximum absolute atomic E-state index is 10.9. The number of amides is 1. The summed E-state index contributed by atoms with van der Waals surface area (Å²) in [5, 5.41) is 0.978. The number of hydrogen-bond donors (Lipinski definition) is 1. The zero-order chi connectivity index (χ0) is 9.14. The minimum Gasteiger partial charge on any atom is -0.366 e. The summed E-state index contributed by atoms with van der Waals surface area (Å²) in [6.07, 6.45) is 0. The molecule has 4 heteroatoms. The van der Waals surface area contributed by atoms with E-state index in [0.717, 1.165) is 5.56 Å². The fourth-order valence-electron chi connectivity index (χ4n) is 0.956. The van der Waals surface area contributed by atoms with Crippen molar-refractivity contribution in [2.75, 3.05) is 0 Å². The molecule has 1 rings (SSSR count). The second-order valence-electron chi connectivity index (χ2n) is 2.27. The molecule has 0 aromatic heterocycles. The molecule has 2 N–H and O–H groups in total. The maximum atomic E-state index is 10.9. The molecule has 0 saturated heterocycles. The van der Waals surface area contributed by atoms with E-state index in [9.17, 15) is 4.79 Å². The van der Waals surface area contributed by atoms with Gasteiger partial charge in [-0.25, -0.2) is 0 Å². The summed E-state index contributed by atoms with van der Waals surface area (Å²) < 4.78 is 0. The van der Waals surface area contributed by atoms with Crippen LogP contribution in [0.5, 0.6) is 0 Å². The van der Waals surface area contributed by atoms with Crippen LogP contribution in [-0.4, -0.2) is 5.91 Å². The molecule has 0 heterocycles. The molecule has 12 heavy (non-hydrogen) atoms. The average molecular weight is 249 g/mol. The van der Waals surface area contributed by atoms with Gasteiger partial charge in [0.2, 0.25) is 0 Å². The summed E-state index contributed by atoms with van der Waals surface area (Å²) in [5.41, 5.74) is 6.36. The van der Waals surface area contributed by atoms with E-state index in [1.165, 1.54) is 0 Å². The van der Waals surface area contributed by atoms with Crippen LogP contribution in [0.2, 0.25) is 5.02 Å². The van der Waals surface area contributed by atoms with Crippen LogP contribution < -0.4 is 5.73 Å². The fraction of sp³-hybridized carbons (Fsp3) is 0.125. The van der Waals surface area contributed by atoms with Crippen LogP contribution >= 0.6 is 27.5 Å². The van der Waals surface area contributed by atoms with Gasteiger partial charge in [0.05, 0.1) is 10.6 Å². The molecular weight excluding hydrogens is 241 g/mol. The smallest absolute Gasteiger partial charge is 0.250 e. The molecule has 0 bridgehead atoms. The third-order valence-corrected chi connectivity index (χ3v) is 2.41. The second-order valence-corrected chi connectivity index (χ2v) is 3.24. The van der Waals surface area contributed by atoms with Crippen LogP contribution in [0.4, 0.5) is 0 Å². The Bertz CT molecular complexity index is 314. The first kappa shape index (κ1) is 9.55. The number of carbonyl (C=O) groups excluding carboxylic acids is 1. The van der Waals surface area contributed by atoms with E-state index in [1.54, 1.807) is 18.2 Å². The zero-order valence-corrected chi connectivity index (χ0v) is 8.52. The third kappa shape index (κ3) is 1.79. The van der Waals surface area contributed by atoms with Crippen molar-refractivity contribution in [1.29, 1.82) is 0 Å². The molecule has 0 aliphatic heterocycles. The van der Waals surface area contributed by atoms with Gasteiger partial charge in [0, 0.05) is 5.33 Å². The molecule has 0 fully saturated rings. The Kier molecular flexibility index (Phi) is 3.12. The lowest BCUT2D eigenvalue weighted by Crippen LogP contribution is -2.13. The van der Waals surface area contributed by atoms with Crippen LogP contribution in [0, 0.1) is 0 Å². The van der Waals surface area contributed by atoms with Crippen molar-refractivity contribution < 1.29 is 4.79 Å². The molecular formula is C8H7BrClNO. The third-order valence-electron chi connectivity index (χ3n) is 1.49. The van der Waals surface area contributed by atoms with Gasteiger partial charge < -0.3 is 5.73 Å². The quantitative estimate of drug-likeness (QED) is 0.802. The number of primary amides is 1. The van der Waals surface area contributed by atoms with Crippen molar-refractivity contribution >= 4 is 33.4 Å². The Hall–Kier alpha value is -0.540. The van der Waals surface area contributed by atoms with Crippen LogP contribution in [-0.2, 0) is 5.33 Å². The highest BCUT2D eigenvalue weighted by Crippen LogP contribution is 2.21. The van der Waals surface area contributed by atoms with Gasteiger partial charge in [0.25, 0.3) is 5.91 Å². The molecule has 0 aliphatic rings. The van der Waals surface area contributed by atoms with E-state index in [2.05, 4.69) is 15.9 Å². The van der Waals surface area contributed by atoms with Crippen molar-refractivity contribution in [3.05, 3.63) is 34.3 Å². The zero-order valence-electron chi connectivity index (χ0n) is 6.18. The van der Waals surface area contributed by atoms with E-state index in [0.29, 0.717) is 15.9 Å². The second kappa shape index (κ2) is 3.92. The molecule has 0 saturated carbocycles. The first-order valence-electron chi connectivity index (χ1n) is 3.30. The van der Waals surface area contributed by atoms with Gasteiger partial charge in [-0.2, -0.15) is 0 Å². The SMILES string of the molecule is NC(=O)c1c(Cl)cccc1CBr. The molecule has 0 unspecified atom stereocenters. The number of alkyl halides is 1. The highest BCUT2D eigenvalue weighted by Gasteiger charge is 2.10. The Morgan fingerprint density at radius 3 is 2.67 bits per heavy atom. The van der Waals surface area contributed by atoms with Gasteiger partial charge in [-0.15, -0.1) is 0 Å². The van der Waals surface area contributed by atoms with Gasteiger partial charge in [0.1, 0.15) is 0 Å². The first-order chi connectivity index (χ1) is 5.66. The summed E-state index contributed by atoms with van der Waals surface area (Å²) in [7, 11) is 0. The van der Waals surface area contributed by atoms with E-state index in [1.807, 2.05) is 0 Å². The van der Waals surface area contributed by atoms with Gasteiger partial charge in [-0.1, -0.05) is 39.7 Å². The van der Waals surface area contributed by atoms with E-state index < -0.39 is 5.91 Å². The summed E-state index contributed by atoms with van der Waals surface area (Å²) >= 11 is 9.03. The molecule has 64 valence electrons. The van der Waals surface area contributed by atoms with Crippen LogP contribution in [0.25, 0.3) is 0 Å². The van der Waals surface area contributed by atoms with Crippen molar-refractivity contribution in [3.8, 4) is 0 Å². The van der Waals surface area contributed by atoms with Crippen molar-refractivity contribution in [2.45, 2.75) is 5.33 Å². The predicted molar refractivity (Wildman–Crippen MR) is 52.6 cm³/mol. The van der Waals surface area contributed by atoms with Crippen LogP contribution in [0.1, 0.15) is 15.9 Å². The normalized spacial score (nSPS) is 9.83. The van der Waals surface area contributed by atoms with Gasteiger partial charge >= 0.3 is 0 Å². The maximum Gasteiger partial charge on any atom is 0.250 e. The number of rotatable bonds is 2. The number of benzene rings is 1. The molecule has 0 atom stereocenters. The average Bonchev–Trinajstić information content (AvgIpc) is 2.03. The minimum atomic E-state index is -0.491. The number of carbonyl (C=O) groups is 1. The fourth-order valence-corrected chi connectivity index (χ4v) is 1.71. The Balaban J connectivity index is 3.29. The summed E-state index contributed by atoms with van der Waals surface area (Å²) in [6, 6.07) is 5.24. The van der Waals surface area contributed by atoms with Crippen LogP contribution in [0.3, 0.4) is 0 Å². The van der Waals surface area contributed by atoms with E-state index in [-0.39, 0.29) is 0 Å². The predicted octanol–water partition coefficient (Wildman–Crippen LogP) is 2.33. The minimum absolute atomic E-state index is 0.399. The molecule has 0 radical (unpaired) electrons. The van der Waals surface area contributed by atoms with Gasteiger partial charge in [-0.3, -0.25) is 4.79 Å². The summed E-state index contributed by atoms with van der Waals surface area (Å²) in [5.74, 6) is -0.491. The topological polar surface area (TPSA) is 43.1 Å². The lowest BCUT2D eigenvalue weighted by atomic mass is 10.1. The monoisotopic (exact) mass is 247 g/mol. The Labute approximate surface area is 83.8 Å². The molecule has 1 aromatic carbocycles. The van der Waals surface area contributed by atoms with E-state index >= 15 is 0 Å². The number of hydrogen-bond acceptors (Lipinski definition) is 1. The highest BCUT2D eigenvalue weighted by molar-refractivity contribution is 9.08. The summed E-state index contributed by atoms with van der Waals surface area (Å²) in [6.45, 7) is 0. The van der Waals surface area contributed by atoms with Crippen molar-refractivity contribution in [1.82, 2.24) is 0 Å². The van der Waals surface area contributed by atoms with Gasteiger partial charge in [0.15, 0.2) is 0 Å². The largest absolute Gasteiger partial charge is 0.366 e. The van der Waals surface area contributed by atoms with E-state index in [4.69, 9.17) is 17.3 Å². The lowest BCUT2D eigenvalue weighted by Gasteiger charge is -2.04. The molecule has 0 spiro atoms. The van der Waals surface area contributed by atoms with Crippen molar-refractivity contribution in [3.63, 3.8) is 0 Å². The molecule has 0 aliphatic carbocycles.